The Morgan fingerprint density at radius 1 is 0.375 bits per heavy atom. The minimum Gasteiger partial charge on any atom is -0.475 e. The van der Waals surface area contributed by atoms with E-state index in [0.717, 1.165) is 12.8 Å². The summed E-state index contributed by atoms with van der Waals surface area (Å²) in [5, 5.41) is 111. The number of carboxylic acids is 1. The van der Waals surface area contributed by atoms with Crippen LogP contribution in [0.4, 0.5) is 47.3 Å². The van der Waals surface area contributed by atoms with Crippen molar-refractivity contribution in [1.29, 1.82) is 0 Å². The van der Waals surface area contributed by atoms with Crippen LogP contribution < -0.4 is 87.2 Å². The molecule has 0 saturated carbocycles. The maximum absolute atomic E-state index is 11.7. The predicted molar refractivity (Wildman–Crippen MR) is 531 cm³/mol. The van der Waals surface area contributed by atoms with Crippen molar-refractivity contribution in [2.75, 3.05) is 130 Å². The number of hydroxylamine groups is 2. The second-order valence-electron chi connectivity index (χ2n) is 27.7. The van der Waals surface area contributed by atoms with Gasteiger partial charge in [0.25, 0.3) is 63.2 Å². The minimum atomic E-state index is -5.08. The van der Waals surface area contributed by atoms with Gasteiger partial charge in [-0.05, 0) is 113 Å². The molecule has 0 saturated heterocycles. The number of ether oxygens (including phenoxy) is 2. The third kappa shape index (κ3) is 55.6. The van der Waals surface area contributed by atoms with Gasteiger partial charge in [-0.1, -0.05) is 107 Å². The van der Waals surface area contributed by atoms with E-state index >= 15 is 0 Å². The van der Waals surface area contributed by atoms with Crippen molar-refractivity contribution in [3.63, 3.8) is 0 Å². The lowest BCUT2D eigenvalue weighted by molar-refractivity contribution is -0.385. The Morgan fingerprint density at radius 2 is 0.618 bits per heavy atom. The zero-order valence-electron chi connectivity index (χ0n) is 77.6. The Morgan fingerprint density at radius 3 is 0.840 bits per heavy atom. The number of hydrogen-bond donors (Lipinski definition) is 20. The van der Waals surface area contributed by atoms with Gasteiger partial charge >= 0.3 is 24.1 Å². The van der Waals surface area contributed by atoms with Gasteiger partial charge in [-0.25, -0.2) is 21.7 Å². The van der Waals surface area contributed by atoms with Gasteiger partial charge in [0.05, 0.1) is 57.2 Å². The zero-order valence-corrected chi connectivity index (χ0v) is 81.1. The molecule has 0 fully saturated rings. The number of esters is 2. The highest BCUT2D eigenvalue weighted by atomic mass is 79.9. The number of amides is 7. The molecule has 9 aromatic rings. The van der Waals surface area contributed by atoms with E-state index in [2.05, 4.69) is 167 Å². The fraction of sp³-hybridized carbons (Fsp3) is 0.278. The van der Waals surface area contributed by atoms with Gasteiger partial charge in [-0.2, -0.15) is 13.2 Å². The number of methoxy groups -OCH3 is 2. The Balaban J connectivity index is 0.00000162. The van der Waals surface area contributed by atoms with Crippen LogP contribution in [0.2, 0.25) is 0 Å². The molecule has 0 radical (unpaired) electrons. The largest absolute Gasteiger partial charge is 0.490 e. The van der Waals surface area contributed by atoms with E-state index in [0.29, 0.717) is 137 Å². The van der Waals surface area contributed by atoms with Crippen LogP contribution in [0, 0.1) is 50.6 Å². The average Bonchev–Trinajstić information content (AvgIpc) is 0.756. The Labute approximate surface area is 837 Å². The number of halogens is 5. The summed E-state index contributed by atoms with van der Waals surface area (Å²) in [6, 6.07) is 65.0. The fourth-order valence-electron chi connectivity index (χ4n) is 10.6. The molecular weight excluding hydrogens is 2010 g/mol. The number of nitrogens with two attached hydrogens (primary N) is 4. The summed E-state index contributed by atoms with van der Waals surface area (Å²) in [5.41, 5.74) is 25.5. The van der Waals surface area contributed by atoms with Crippen LogP contribution in [0.15, 0.2) is 237 Å². The van der Waals surface area contributed by atoms with Gasteiger partial charge in [0.2, 0.25) is 11.8 Å². The molecule has 0 aliphatic heterocycles. The molecule has 144 heavy (non-hydrogen) atoms. The monoisotopic (exact) mass is 2120 g/mol. The number of nitro benzene ring substituents is 5. The molecule has 9 rings (SSSR count). The third-order valence-corrected chi connectivity index (χ3v) is 18.6. The first-order valence-corrected chi connectivity index (χ1v) is 44.7. The predicted octanol–water partition coefficient (Wildman–Crippen LogP) is 7.21. The first-order chi connectivity index (χ1) is 68.7. The molecule has 1 unspecified atom stereocenters. The SMILES string of the molecule is COC(=O)CCBr.COC(=O)CCNCCNC(=O)c1ccc([N+](=O)[O-])cc1.NCCNC(=O)c1ccc([N+](=O)[O-])cc1.NCCNC(c1ccccc1)(c1ccccc1)c1ccccc1.NO.Nc1ccc(C(=O)NCCNCCC(=O)NO)cc1.O=C(CCNCCNC(=O)c1ccc([N+](=O)[O-])cc1)NO.O=C(Cl)c1ccc([N+](=O)[O-])cc1.O=C(NCCNCP)c1ccc([N+](=O)[O-])cc1.O=C(O)C(F)(F)F. The molecule has 0 heterocycles. The minimum absolute atomic E-state index is 0.0220. The number of nitrogen functional groups attached to an aromatic ring is 1. The number of anilines is 1. The van der Waals surface area contributed by atoms with Gasteiger partial charge in [0, 0.05) is 222 Å². The van der Waals surface area contributed by atoms with Crippen LogP contribution in [0.1, 0.15) is 105 Å². The van der Waals surface area contributed by atoms with Gasteiger partial charge in [-0.15, -0.1) is 9.24 Å². The number of nitrogens with zero attached hydrogens (tertiary/aromatic N) is 5. The van der Waals surface area contributed by atoms with Gasteiger partial charge in [-0.3, -0.25) is 114 Å². The molecule has 0 aromatic heterocycles. The molecule has 0 spiro atoms. The highest BCUT2D eigenvalue weighted by Gasteiger charge is 2.38. The lowest BCUT2D eigenvalue weighted by atomic mass is 9.77. The molecule has 54 heteroatoms. The third-order valence-electron chi connectivity index (χ3n) is 17.7. The quantitative estimate of drug-likeness (QED) is 0.00171. The number of aliphatic carboxylic acids is 1. The van der Waals surface area contributed by atoms with E-state index in [1.165, 1.54) is 158 Å². The Bertz CT molecular complexity index is 5150. The molecular formula is C90H113BrClF3N21O27P. The first-order valence-electron chi connectivity index (χ1n) is 42.4. The normalized spacial score (nSPS) is 9.99. The molecule has 9 aromatic carbocycles. The average molecular weight is 2120 g/mol. The maximum atomic E-state index is 11.7. The van der Waals surface area contributed by atoms with Crippen molar-refractivity contribution >= 4 is 135 Å². The lowest BCUT2D eigenvalue weighted by Gasteiger charge is -2.37. The summed E-state index contributed by atoms with van der Waals surface area (Å²) in [6.07, 6.45) is -3.27. The topological polar surface area (TPSA) is 751 Å². The van der Waals surface area contributed by atoms with Gasteiger partial charge in [0.15, 0.2) is 0 Å². The van der Waals surface area contributed by atoms with Crippen LogP contribution in [-0.4, -0.2) is 240 Å². The molecule has 1 atom stereocenters. The lowest BCUT2D eigenvalue weighted by Crippen LogP contribution is -2.46. The van der Waals surface area contributed by atoms with Crippen molar-refractivity contribution in [1.82, 2.24) is 64.1 Å². The maximum Gasteiger partial charge on any atom is 0.490 e. The number of non-ortho nitro benzene ring substituents is 5. The van der Waals surface area contributed by atoms with Gasteiger partial charge in [0.1, 0.15) is 0 Å². The number of alkyl halides is 4. The van der Waals surface area contributed by atoms with E-state index in [1.54, 1.807) is 29.7 Å². The van der Waals surface area contributed by atoms with Crippen LogP contribution in [-0.2, 0) is 39.0 Å². The second kappa shape index (κ2) is 76.5. The summed E-state index contributed by atoms with van der Waals surface area (Å²) >= 11 is 8.22. The van der Waals surface area contributed by atoms with Crippen molar-refractivity contribution in [2.45, 2.75) is 37.4 Å². The fourth-order valence-corrected chi connectivity index (χ4v) is 11.3. The summed E-state index contributed by atoms with van der Waals surface area (Å²) in [7, 11) is 5.23. The molecule has 0 aliphatic carbocycles. The number of benzene rings is 9. The van der Waals surface area contributed by atoms with Crippen LogP contribution in [0.3, 0.4) is 0 Å². The van der Waals surface area contributed by atoms with Crippen molar-refractivity contribution in [2.24, 2.45) is 17.4 Å². The van der Waals surface area contributed by atoms with Crippen molar-refractivity contribution in [3.8, 4) is 0 Å². The smallest absolute Gasteiger partial charge is 0.475 e. The molecule has 0 bridgehead atoms. The van der Waals surface area contributed by atoms with Crippen molar-refractivity contribution in [3.05, 3.63) is 337 Å². The van der Waals surface area contributed by atoms with E-state index in [4.69, 9.17) is 54.3 Å². The summed E-state index contributed by atoms with van der Waals surface area (Å²) < 4.78 is 40.5. The van der Waals surface area contributed by atoms with Crippen LogP contribution in [0.5, 0.6) is 0 Å². The summed E-state index contributed by atoms with van der Waals surface area (Å²) in [4.78, 5) is 169. The Hall–Kier alpha value is -15.3. The summed E-state index contributed by atoms with van der Waals surface area (Å²) in [5.74, 6) is -1.98. The number of carbonyl (C=O) groups is 11. The number of nitrogens with one attached hydrogen (secondary N) is 12. The van der Waals surface area contributed by atoms with Crippen LogP contribution >= 0.6 is 36.8 Å². The number of carbonyl (C=O) groups excluding carboxylic acids is 10. The molecule has 48 nitrogen and oxygen atoms in total. The van der Waals surface area contributed by atoms with Crippen LogP contribution in [0.25, 0.3) is 0 Å². The zero-order chi connectivity index (χ0) is 108. The molecule has 24 N–H and O–H groups in total. The molecule has 780 valence electrons. The van der Waals surface area contributed by atoms with E-state index in [-0.39, 0.29) is 94.7 Å². The number of rotatable bonds is 43. The Kier molecular flexibility index (Phi) is 68.4. The second-order valence-corrected chi connectivity index (χ2v) is 29.3. The number of carboxylic acid groups (broad SMARTS) is 1. The highest BCUT2D eigenvalue weighted by Crippen LogP contribution is 2.37. The van der Waals surface area contributed by atoms with Gasteiger partial charge < -0.3 is 84.8 Å². The standard InChI is InChI=1S/C21H22N2.C13H17N3O5.C12H16N4O5.C12H18N4O3.C10H14N3O3P.C9H11N3O3.C7H4ClNO3.C4H7BrO2.C2HF3O2.H3NO/c22-16-17-23-21(18-10-4-1-5-11-18,19-12-6-2-7-13-19)20-14-8-3-9-15-20;1-21-12(17)6-7-14-8-9-15-13(18)10-2-4-11(5-3-10)16(19)20;17-11(15-19)5-6-13-7-8-14-12(18)9-1-3-10(4-2-9)16(20)21;13-10-3-1-9(2-4-10)12(18)15-8-7-14-6-5-11(17)16-19;14-10(12-6-5-11-7-17)8-1-3-9(4-2-8)13(15)16;10-5-6-11-9(13)7-1-3-8(4-2-7)12(14)15;8-7(10)5-1-3-6(4-2-5)9(11)12;1-7-4(6)2-3-5;3-2(4,5)1(6)7;1-2/h1-15,23H,16-17,22H2;2-5,14H,6-9H2,1H3,(H,15,18);1-4,13,19H,5-8H2,(H,14,18)(H,15,17);1-4,14,19H,5-8,13H2,(H,15,18)(H,16,17);1-4,11H,5-7,17H2,(H,12,14);1-4H,5-6,10H2,(H,11,13);1-4H;2-3H2,1H3;(H,6,7);2H,1H2. The number of nitro groups is 5. The van der Waals surface area contributed by atoms with E-state index in [9.17, 15) is 112 Å². The number of hydrogen-bond acceptors (Lipinski definition) is 35. The highest BCUT2D eigenvalue weighted by molar-refractivity contribution is 9.09. The van der Waals surface area contributed by atoms with E-state index < -0.39 is 59.4 Å². The van der Waals surface area contributed by atoms with E-state index in [1.807, 2.05) is 18.2 Å². The molecule has 0 aliphatic rings. The van der Waals surface area contributed by atoms with Crippen molar-refractivity contribution < 1.29 is 121 Å². The summed E-state index contributed by atoms with van der Waals surface area (Å²) in [6.45, 7) is 7.24. The molecule has 7 amide bonds. The first kappa shape index (κ1) is 129.